The smallest absolute Gasteiger partial charge is 0.396 e. The number of hydrogen-bond donors (Lipinski definition) is 1. The van der Waals surface area contributed by atoms with E-state index in [9.17, 15) is 14.4 Å². The number of benzene rings is 2. The predicted molar refractivity (Wildman–Crippen MR) is 83.5 cm³/mol. The number of rotatable bonds is 2. The quantitative estimate of drug-likeness (QED) is 0.580. The molecule has 3 aromatic rings. The molecule has 7 heteroatoms. The molecule has 0 saturated carbocycles. The Hall–Kier alpha value is -2.67. The molecule has 1 N–H and O–H groups in total. The normalized spacial score (nSPS) is 10.8. The summed E-state index contributed by atoms with van der Waals surface area (Å²) in [6.07, 6.45) is 0. The van der Waals surface area contributed by atoms with Crippen molar-refractivity contribution in [3.05, 3.63) is 34.0 Å². The number of amides is 1. The zero-order valence-corrected chi connectivity index (χ0v) is 12.6. The number of esters is 1. The number of nitrogens with one attached hydrogen (secondary N) is 1. The third kappa shape index (κ3) is 2.35. The van der Waals surface area contributed by atoms with Gasteiger partial charge in [-0.25, -0.2) is 4.79 Å². The van der Waals surface area contributed by atoms with E-state index in [2.05, 4.69) is 5.32 Å². The lowest BCUT2D eigenvalue weighted by Gasteiger charge is -2.13. The van der Waals surface area contributed by atoms with E-state index in [1.54, 1.807) is 24.3 Å². The fourth-order valence-electron chi connectivity index (χ4n) is 2.28. The molecule has 6 nitrogen and oxygen atoms in total. The van der Waals surface area contributed by atoms with Crippen LogP contribution < -0.4 is 15.0 Å². The minimum Gasteiger partial charge on any atom is -0.424 e. The summed E-state index contributed by atoms with van der Waals surface area (Å²) in [5.74, 6) is -0.652. The van der Waals surface area contributed by atoms with Crippen molar-refractivity contribution in [2.24, 2.45) is 0 Å². The van der Waals surface area contributed by atoms with Gasteiger partial charge in [-0.1, -0.05) is 24.3 Å². The number of carbonyl (C=O) groups excluding carboxylic acids is 2. The first-order valence-corrected chi connectivity index (χ1v) is 7.23. The van der Waals surface area contributed by atoms with Crippen LogP contribution in [0, 0.1) is 0 Å². The molecule has 22 heavy (non-hydrogen) atoms. The van der Waals surface area contributed by atoms with Crippen LogP contribution in [0.15, 0.2) is 33.5 Å². The summed E-state index contributed by atoms with van der Waals surface area (Å²) in [6, 6.07) is 7.05. The van der Waals surface area contributed by atoms with Crippen LogP contribution >= 0.6 is 11.3 Å². The molecule has 0 saturated heterocycles. The van der Waals surface area contributed by atoms with Gasteiger partial charge in [-0.15, -0.1) is 0 Å². The number of ether oxygens (including phenoxy) is 1. The molecule has 2 aromatic carbocycles. The second kappa shape index (κ2) is 5.27. The lowest BCUT2D eigenvalue weighted by atomic mass is 10.1. The van der Waals surface area contributed by atoms with Gasteiger partial charge in [0.2, 0.25) is 5.91 Å². The molecule has 112 valence electrons. The maximum Gasteiger partial charge on any atom is 0.396 e. The second-order valence-corrected chi connectivity index (χ2v) is 5.58. The van der Waals surface area contributed by atoms with Gasteiger partial charge in [0.25, 0.3) is 0 Å². The van der Waals surface area contributed by atoms with E-state index in [0.29, 0.717) is 21.1 Å². The number of carbonyl (C=O) groups is 2. The van der Waals surface area contributed by atoms with Crippen LogP contribution in [-0.4, -0.2) is 11.9 Å². The van der Waals surface area contributed by atoms with Crippen molar-refractivity contribution in [3.63, 3.8) is 0 Å². The Balaban J connectivity index is 2.50. The van der Waals surface area contributed by atoms with E-state index < -0.39 is 10.9 Å². The number of anilines is 1. The van der Waals surface area contributed by atoms with Gasteiger partial charge in [0.1, 0.15) is 10.4 Å². The summed E-state index contributed by atoms with van der Waals surface area (Å²) in [6.45, 7) is 2.61. The highest BCUT2D eigenvalue weighted by atomic mass is 32.1. The first-order chi connectivity index (χ1) is 10.5. The lowest BCUT2D eigenvalue weighted by Crippen LogP contribution is -2.10. The van der Waals surface area contributed by atoms with Crippen molar-refractivity contribution in [2.75, 3.05) is 5.32 Å². The van der Waals surface area contributed by atoms with Gasteiger partial charge in [-0.2, -0.15) is 0 Å². The summed E-state index contributed by atoms with van der Waals surface area (Å²) in [7, 11) is 0. The van der Waals surface area contributed by atoms with Gasteiger partial charge < -0.3 is 14.5 Å². The van der Waals surface area contributed by atoms with Crippen LogP contribution in [0.2, 0.25) is 0 Å². The molecule has 0 atom stereocenters. The summed E-state index contributed by atoms with van der Waals surface area (Å²) in [5.41, 5.74) is 0.637. The zero-order valence-electron chi connectivity index (χ0n) is 11.8. The van der Waals surface area contributed by atoms with Crippen LogP contribution in [0.5, 0.6) is 5.75 Å². The molecule has 0 spiro atoms. The Morgan fingerprint density at radius 3 is 2.50 bits per heavy atom. The van der Waals surface area contributed by atoms with E-state index in [-0.39, 0.29) is 17.3 Å². The van der Waals surface area contributed by atoms with Crippen molar-refractivity contribution in [2.45, 2.75) is 13.8 Å². The Kier molecular flexibility index (Phi) is 3.42. The second-order valence-electron chi connectivity index (χ2n) is 4.64. The third-order valence-corrected chi connectivity index (χ3v) is 3.84. The first-order valence-electron chi connectivity index (χ1n) is 6.41. The first kappa shape index (κ1) is 14.3. The molecule has 0 radical (unpaired) electrons. The SMILES string of the molecule is CC(=O)Nc1c(OC(C)=O)c2ccccc2c2oc(=O)sc12. The molecule has 0 aliphatic carbocycles. The summed E-state index contributed by atoms with van der Waals surface area (Å²) < 4.78 is 11.0. The van der Waals surface area contributed by atoms with Crippen LogP contribution in [0.4, 0.5) is 5.69 Å². The monoisotopic (exact) mass is 317 g/mol. The fraction of sp³-hybridized carbons (Fsp3) is 0.133. The summed E-state index contributed by atoms with van der Waals surface area (Å²) in [5, 5.41) is 3.84. The van der Waals surface area contributed by atoms with E-state index in [0.717, 1.165) is 11.3 Å². The van der Waals surface area contributed by atoms with Crippen molar-refractivity contribution in [3.8, 4) is 5.75 Å². The van der Waals surface area contributed by atoms with Gasteiger partial charge in [0.15, 0.2) is 11.3 Å². The maximum absolute atomic E-state index is 11.6. The summed E-state index contributed by atoms with van der Waals surface area (Å²) >= 11 is 0.849. The minimum atomic E-state index is -0.521. The van der Waals surface area contributed by atoms with Gasteiger partial charge in [-0.3, -0.25) is 9.59 Å². The molecular formula is C15H11NO5S. The van der Waals surface area contributed by atoms with Gasteiger partial charge in [0, 0.05) is 24.6 Å². The Labute approximate surface area is 128 Å². The third-order valence-electron chi connectivity index (χ3n) is 2.99. The van der Waals surface area contributed by atoms with Crippen molar-refractivity contribution >= 4 is 50.0 Å². The van der Waals surface area contributed by atoms with E-state index in [1.165, 1.54) is 13.8 Å². The van der Waals surface area contributed by atoms with E-state index >= 15 is 0 Å². The molecule has 1 amide bonds. The molecule has 3 rings (SSSR count). The highest BCUT2D eigenvalue weighted by molar-refractivity contribution is 7.17. The fourth-order valence-corrected chi connectivity index (χ4v) is 3.06. The lowest BCUT2D eigenvalue weighted by molar-refractivity contribution is -0.131. The molecule has 0 aliphatic heterocycles. The number of hydrogen-bond acceptors (Lipinski definition) is 6. The average Bonchev–Trinajstić information content (AvgIpc) is 2.83. The van der Waals surface area contributed by atoms with Crippen LogP contribution in [-0.2, 0) is 9.59 Å². The summed E-state index contributed by atoms with van der Waals surface area (Å²) in [4.78, 5) is 34.0. The van der Waals surface area contributed by atoms with Gasteiger partial charge in [0.05, 0.1) is 0 Å². The molecule has 0 bridgehead atoms. The van der Waals surface area contributed by atoms with Crippen molar-refractivity contribution < 1.29 is 18.7 Å². The van der Waals surface area contributed by atoms with Gasteiger partial charge >= 0.3 is 10.9 Å². The van der Waals surface area contributed by atoms with Crippen LogP contribution in [0.25, 0.3) is 21.1 Å². The molecule has 0 unspecified atom stereocenters. The van der Waals surface area contributed by atoms with Gasteiger partial charge in [-0.05, 0) is 11.3 Å². The molecule has 1 aromatic heterocycles. The highest BCUT2D eigenvalue weighted by Crippen LogP contribution is 2.43. The average molecular weight is 317 g/mol. The Morgan fingerprint density at radius 1 is 1.18 bits per heavy atom. The Bertz CT molecular complexity index is 969. The number of fused-ring (bicyclic) bond motifs is 3. The van der Waals surface area contributed by atoms with E-state index in [1.807, 2.05) is 0 Å². The topological polar surface area (TPSA) is 85.6 Å². The highest BCUT2D eigenvalue weighted by Gasteiger charge is 2.21. The largest absolute Gasteiger partial charge is 0.424 e. The molecular weight excluding hydrogens is 306 g/mol. The van der Waals surface area contributed by atoms with Crippen molar-refractivity contribution in [1.82, 2.24) is 0 Å². The van der Waals surface area contributed by atoms with Crippen LogP contribution in [0.3, 0.4) is 0 Å². The predicted octanol–water partition coefficient (Wildman–Crippen LogP) is 2.89. The standard InChI is InChI=1S/C15H11NO5S/c1-7(17)16-11-12(20-8(2)18)9-5-3-4-6-10(9)13-14(11)22-15(19)21-13/h3-6H,1-2H3,(H,16,17). The minimum absolute atomic E-state index is 0.211. The molecule has 1 heterocycles. The van der Waals surface area contributed by atoms with Crippen LogP contribution in [0.1, 0.15) is 13.8 Å². The van der Waals surface area contributed by atoms with E-state index in [4.69, 9.17) is 9.15 Å². The Morgan fingerprint density at radius 2 is 1.86 bits per heavy atom. The van der Waals surface area contributed by atoms with Crippen molar-refractivity contribution in [1.29, 1.82) is 0 Å². The molecule has 0 fully saturated rings. The zero-order chi connectivity index (χ0) is 15.9. The maximum atomic E-state index is 11.6. The molecule has 0 aliphatic rings.